The van der Waals surface area contributed by atoms with Gasteiger partial charge in [-0.25, -0.2) is 0 Å². The molecule has 0 aliphatic rings. The zero-order valence-electron chi connectivity index (χ0n) is 11.7. The first-order valence-corrected chi connectivity index (χ1v) is 6.32. The summed E-state index contributed by atoms with van der Waals surface area (Å²) in [7, 11) is 1.66. The van der Waals surface area contributed by atoms with E-state index in [0.29, 0.717) is 19.7 Å². The molecule has 0 unspecified atom stereocenters. The van der Waals surface area contributed by atoms with Crippen LogP contribution in [0.4, 0.5) is 0 Å². The fourth-order valence-electron chi connectivity index (χ4n) is 1.93. The summed E-state index contributed by atoms with van der Waals surface area (Å²) in [5.41, 5.74) is 7.48. The molecule has 1 aromatic heterocycles. The van der Waals surface area contributed by atoms with Gasteiger partial charge in [-0.3, -0.25) is 4.68 Å². The molecule has 2 N–H and O–H groups in total. The number of hydrogen-bond acceptors (Lipinski definition) is 4. The van der Waals surface area contributed by atoms with Crippen LogP contribution < -0.4 is 15.2 Å². The highest BCUT2D eigenvalue weighted by atomic mass is 35.5. The minimum Gasteiger partial charge on any atom is -0.496 e. The van der Waals surface area contributed by atoms with Gasteiger partial charge in [-0.05, 0) is 25.1 Å². The summed E-state index contributed by atoms with van der Waals surface area (Å²) in [4.78, 5) is 0. The van der Waals surface area contributed by atoms with Gasteiger partial charge in [0, 0.05) is 23.9 Å². The second-order valence-corrected chi connectivity index (χ2v) is 4.08. The van der Waals surface area contributed by atoms with Gasteiger partial charge in [-0.1, -0.05) is 0 Å². The van der Waals surface area contributed by atoms with Crippen molar-refractivity contribution in [1.82, 2.24) is 9.78 Å². The molecular weight excluding hydrogens is 278 g/mol. The average Bonchev–Trinajstić information content (AvgIpc) is 2.88. The SMILES string of the molecule is CCOc1ccc(OC)c(-c2cnn(CCN)c2)c1.Cl. The molecule has 0 amide bonds. The Morgan fingerprint density at radius 1 is 1.35 bits per heavy atom. The predicted molar refractivity (Wildman–Crippen MR) is 81.7 cm³/mol. The first-order valence-electron chi connectivity index (χ1n) is 6.32. The maximum Gasteiger partial charge on any atom is 0.127 e. The van der Waals surface area contributed by atoms with E-state index in [2.05, 4.69) is 5.10 Å². The van der Waals surface area contributed by atoms with Gasteiger partial charge < -0.3 is 15.2 Å². The molecule has 1 heterocycles. The van der Waals surface area contributed by atoms with E-state index in [4.69, 9.17) is 15.2 Å². The summed E-state index contributed by atoms with van der Waals surface area (Å²) in [6.07, 6.45) is 3.77. The Morgan fingerprint density at radius 2 is 2.15 bits per heavy atom. The average molecular weight is 298 g/mol. The number of ether oxygens (including phenoxy) is 2. The van der Waals surface area contributed by atoms with Crippen LogP contribution in [0, 0.1) is 0 Å². The molecule has 0 saturated carbocycles. The molecule has 6 heteroatoms. The number of nitrogens with two attached hydrogens (primary N) is 1. The lowest BCUT2D eigenvalue weighted by atomic mass is 10.1. The third-order valence-electron chi connectivity index (χ3n) is 2.78. The quantitative estimate of drug-likeness (QED) is 0.889. The Bertz CT molecular complexity index is 543. The molecule has 0 fully saturated rings. The number of benzene rings is 1. The summed E-state index contributed by atoms with van der Waals surface area (Å²) < 4.78 is 12.7. The van der Waals surface area contributed by atoms with Crippen molar-refractivity contribution in [3.05, 3.63) is 30.6 Å². The van der Waals surface area contributed by atoms with E-state index in [1.165, 1.54) is 0 Å². The lowest BCUT2D eigenvalue weighted by molar-refractivity contribution is 0.339. The van der Waals surface area contributed by atoms with Gasteiger partial charge in [-0.15, -0.1) is 12.4 Å². The Labute approximate surface area is 125 Å². The largest absolute Gasteiger partial charge is 0.496 e. The van der Waals surface area contributed by atoms with Crippen LogP contribution in [-0.2, 0) is 6.54 Å². The van der Waals surface area contributed by atoms with Gasteiger partial charge in [-0.2, -0.15) is 5.10 Å². The number of aromatic nitrogens is 2. The highest BCUT2D eigenvalue weighted by Gasteiger charge is 2.10. The van der Waals surface area contributed by atoms with Crippen molar-refractivity contribution in [2.45, 2.75) is 13.5 Å². The molecule has 2 rings (SSSR count). The Morgan fingerprint density at radius 3 is 2.80 bits per heavy atom. The summed E-state index contributed by atoms with van der Waals surface area (Å²) in [5, 5.41) is 4.27. The van der Waals surface area contributed by atoms with E-state index in [-0.39, 0.29) is 12.4 Å². The van der Waals surface area contributed by atoms with Crippen molar-refractivity contribution in [2.75, 3.05) is 20.3 Å². The van der Waals surface area contributed by atoms with Crippen molar-refractivity contribution in [2.24, 2.45) is 5.73 Å². The number of methoxy groups -OCH3 is 1. The van der Waals surface area contributed by atoms with Crippen molar-refractivity contribution in [1.29, 1.82) is 0 Å². The van der Waals surface area contributed by atoms with Gasteiger partial charge in [0.05, 0.1) is 26.5 Å². The van der Waals surface area contributed by atoms with Crippen molar-refractivity contribution >= 4 is 12.4 Å². The highest BCUT2D eigenvalue weighted by Crippen LogP contribution is 2.33. The second kappa shape index (κ2) is 7.77. The molecule has 20 heavy (non-hydrogen) atoms. The first-order chi connectivity index (χ1) is 9.28. The number of rotatable bonds is 6. The molecule has 0 aliphatic heterocycles. The second-order valence-electron chi connectivity index (χ2n) is 4.08. The monoisotopic (exact) mass is 297 g/mol. The van der Waals surface area contributed by atoms with E-state index < -0.39 is 0 Å². The van der Waals surface area contributed by atoms with Crippen LogP contribution in [-0.4, -0.2) is 30.0 Å². The molecule has 1 aromatic carbocycles. The van der Waals surface area contributed by atoms with E-state index in [9.17, 15) is 0 Å². The molecule has 0 bridgehead atoms. The molecule has 0 spiro atoms. The molecule has 0 atom stereocenters. The third kappa shape index (κ3) is 3.65. The minimum atomic E-state index is 0. The topological polar surface area (TPSA) is 62.3 Å². The standard InChI is InChI=1S/C14H19N3O2.ClH/c1-3-19-12-4-5-14(18-2)13(8-12)11-9-16-17(10-11)7-6-15;/h4-5,8-10H,3,6-7,15H2,1-2H3;1H. The highest BCUT2D eigenvalue weighted by molar-refractivity contribution is 5.85. The zero-order chi connectivity index (χ0) is 13.7. The van der Waals surface area contributed by atoms with Crippen LogP contribution in [0.2, 0.25) is 0 Å². The van der Waals surface area contributed by atoms with Gasteiger partial charge in [0.25, 0.3) is 0 Å². The Balaban J connectivity index is 0.00000200. The van der Waals surface area contributed by atoms with Crippen LogP contribution in [0.5, 0.6) is 11.5 Å². The maximum atomic E-state index is 5.52. The van der Waals surface area contributed by atoms with E-state index >= 15 is 0 Å². The summed E-state index contributed by atoms with van der Waals surface area (Å²) in [5.74, 6) is 1.63. The summed E-state index contributed by atoms with van der Waals surface area (Å²) >= 11 is 0. The summed E-state index contributed by atoms with van der Waals surface area (Å²) in [6, 6.07) is 5.77. The first kappa shape index (κ1) is 16.3. The van der Waals surface area contributed by atoms with Crippen LogP contribution in [0.3, 0.4) is 0 Å². The normalized spacial score (nSPS) is 9.95. The fourth-order valence-corrected chi connectivity index (χ4v) is 1.93. The van der Waals surface area contributed by atoms with Crippen molar-refractivity contribution < 1.29 is 9.47 Å². The van der Waals surface area contributed by atoms with Crippen molar-refractivity contribution in [3.63, 3.8) is 0 Å². The molecule has 0 saturated heterocycles. The van der Waals surface area contributed by atoms with Gasteiger partial charge in [0.1, 0.15) is 11.5 Å². The fraction of sp³-hybridized carbons (Fsp3) is 0.357. The van der Waals surface area contributed by atoms with Crippen LogP contribution in [0.1, 0.15) is 6.92 Å². The zero-order valence-corrected chi connectivity index (χ0v) is 12.5. The lowest BCUT2D eigenvalue weighted by Gasteiger charge is -2.09. The number of hydrogen-bond donors (Lipinski definition) is 1. The Kier molecular flexibility index (Phi) is 6.35. The molecule has 5 nitrogen and oxygen atoms in total. The molecule has 0 radical (unpaired) electrons. The van der Waals surface area contributed by atoms with Crippen LogP contribution in [0.15, 0.2) is 30.6 Å². The number of halogens is 1. The van der Waals surface area contributed by atoms with Crippen LogP contribution in [0.25, 0.3) is 11.1 Å². The number of nitrogens with zero attached hydrogens (tertiary/aromatic N) is 2. The summed E-state index contributed by atoms with van der Waals surface area (Å²) in [6.45, 7) is 3.87. The van der Waals surface area contributed by atoms with Crippen LogP contribution >= 0.6 is 12.4 Å². The predicted octanol–water partition coefficient (Wildman–Crippen LogP) is 2.34. The Hall–Kier alpha value is -1.72. The van der Waals surface area contributed by atoms with Crippen molar-refractivity contribution in [3.8, 4) is 22.6 Å². The third-order valence-corrected chi connectivity index (χ3v) is 2.78. The molecule has 0 aliphatic carbocycles. The minimum absolute atomic E-state index is 0. The molecule has 110 valence electrons. The van der Waals surface area contributed by atoms with E-state index in [1.54, 1.807) is 7.11 Å². The van der Waals surface area contributed by atoms with Gasteiger partial charge >= 0.3 is 0 Å². The molecular formula is C14H20ClN3O2. The van der Waals surface area contributed by atoms with Gasteiger partial charge in [0.15, 0.2) is 0 Å². The smallest absolute Gasteiger partial charge is 0.127 e. The lowest BCUT2D eigenvalue weighted by Crippen LogP contribution is -2.09. The van der Waals surface area contributed by atoms with E-state index in [1.807, 2.05) is 42.2 Å². The van der Waals surface area contributed by atoms with E-state index in [0.717, 1.165) is 22.6 Å². The maximum absolute atomic E-state index is 5.52. The van der Waals surface area contributed by atoms with Gasteiger partial charge in [0.2, 0.25) is 0 Å². The molecule has 2 aromatic rings.